The number of rotatable bonds is 7. The molecule has 0 amide bonds. The van der Waals surface area contributed by atoms with E-state index in [0.717, 1.165) is 17.1 Å². The van der Waals surface area contributed by atoms with Gasteiger partial charge < -0.3 is 9.47 Å². The molecule has 1 heterocycles. The molecule has 0 aliphatic heterocycles. The standard InChI is InChI=1S/C56H50N2/c1-56(2,3)42-33-35-44(36-34-42)57(53-31-15-12-26-48(53)50-28-17-21-40-20-16-27-46(55(40)50)39-18-6-4-7-19-39)51-29-13-10-24-45(51)41-32-37-49-47-25-11-14-30-52(47)58(54(49)38-41)43-22-8-5-9-23-43/h5,8-17,20-39H,4,6-7,18-19H2,1-3H3. The molecule has 1 aromatic heterocycles. The molecule has 10 rings (SSSR count). The van der Waals surface area contributed by atoms with Crippen molar-refractivity contribution in [2.45, 2.75) is 64.2 Å². The van der Waals surface area contributed by atoms with Crippen LogP contribution in [0.4, 0.5) is 17.1 Å². The van der Waals surface area contributed by atoms with Gasteiger partial charge in [0.05, 0.1) is 22.4 Å². The first-order valence-corrected chi connectivity index (χ1v) is 21.1. The predicted octanol–water partition coefficient (Wildman–Crippen LogP) is 16.1. The Morgan fingerprint density at radius 1 is 0.500 bits per heavy atom. The first kappa shape index (κ1) is 36.0. The van der Waals surface area contributed by atoms with Crippen LogP contribution in [-0.2, 0) is 5.41 Å². The van der Waals surface area contributed by atoms with Gasteiger partial charge in [-0.15, -0.1) is 0 Å². The molecule has 1 saturated carbocycles. The third kappa shape index (κ3) is 6.38. The molecular weight excluding hydrogens is 701 g/mol. The van der Waals surface area contributed by atoms with Gasteiger partial charge in [-0.2, -0.15) is 0 Å². The average molecular weight is 751 g/mol. The van der Waals surface area contributed by atoms with Gasteiger partial charge >= 0.3 is 0 Å². The maximum absolute atomic E-state index is 2.51. The van der Waals surface area contributed by atoms with Crippen LogP contribution < -0.4 is 4.90 Å². The van der Waals surface area contributed by atoms with E-state index in [4.69, 9.17) is 0 Å². The normalized spacial score (nSPS) is 13.7. The monoisotopic (exact) mass is 750 g/mol. The Bertz CT molecular complexity index is 2900. The number of anilines is 3. The molecule has 0 saturated heterocycles. The molecule has 1 fully saturated rings. The number of fused-ring (bicyclic) bond motifs is 4. The Labute approximate surface area is 343 Å². The number of hydrogen-bond donors (Lipinski definition) is 0. The van der Waals surface area contributed by atoms with Crippen LogP contribution in [-0.4, -0.2) is 4.57 Å². The second-order valence-electron chi connectivity index (χ2n) is 17.2. The van der Waals surface area contributed by atoms with E-state index in [1.54, 1.807) is 0 Å². The highest BCUT2D eigenvalue weighted by Crippen LogP contribution is 2.48. The maximum Gasteiger partial charge on any atom is 0.0547 e. The van der Waals surface area contributed by atoms with E-state index in [9.17, 15) is 0 Å². The first-order chi connectivity index (χ1) is 28.4. The van der Waals surface area contributed by atoms with Crippen LogP contribution in [0, 0.1) is 0 Å². The first-order valence-electron chi connectivity index (χ1n) is 21.1. The van der Waals surface area contributed by atoms with Gasteiger partial charge in [0.15, 0.2) is 0 Å². The van der Waals surface area contributed by atoms with Crippen LogP contribution in [0.15, 0.2) is 182 Å². The number of aromatic nitrogens is 1. The summed E-state index contributed by atoms with van der Waals surface area (Å²) in [6.07, 6.45) is 6.50. The summed E-state index contributed by atoms with van der Waals surface area (Å²) < 4.78 is 2.42. The van der Waals surface area contributed by atoms with Crippen molar-refractivity contribution in [1.29, 1.82) is 0 Å². The maximum atomic E-state index is 2.51. The van der Waals surface area contributed by atoms with Crippen LogP contribution in [0.5, 0.6) is 0 Å². The summed E-state index contributed by atoms with van der Waals surface area (Å²) in [4.78, 5) is 2.51. The lowest BCUT2D eigenvalue weighted by Crippen LogP contribution is -2.14. The number of hydrogen-bond acceptors (Lipinski definition) is 1. The second kappa shape index (κ2) is 14.8. The third-order valence-electron chi connectivity index (χ3n) is 12.6. The van der Waals surface area contributed by atoms with Crippen molar-refractivity contribution in [2.75, 3.05) is 4.90 Å². The van der Waals surface area contributed by atoms with Gasteiger partial charge in [-0.25, -0.2) is 0 Å². The summed E-state index contributed by atoms with van der Waals surface area (Å²) in [5.74, 6) is 0.592. The van der Waals surface area contributed by atoms with E-state index in [0.29, 0.717) is 5.92 Å². The van der Waals surface area contributed by atoms with Crippen molar-refractivity contribution in [2.24, 2.45) is 0 Å². The summed E-state index contributed by atoms with van der Waals surface area (Å²) in [6.45, 7) is 6.87. The minimum atomic E-state index is 0.0459. The average Bonchev–Trinajstić information content (AvgIpc) is 3.60. The van der Waals surface area contributed by atoms with Crippen molar-refractivity contribution >= 4 is 49.6 Å². The molecule has 1 aliphatic carbocycles. The summed E-state index contributed by atoms with van der Waals surface area (Å²) in [5.41, 5.74) is 14.8. The van der Waals surface area contributed by atoms with Gasteiger partial charge in [-0.05, 0) is 106 Å². The molecule has 58 heavy (non-hydrogen) atoms. The molecule has 0 N–H and O–H groups in total. The van der Waals surface area contributed by atoms with Crippen molar-refractivity contribution in [3.8, 4) is 27.9 Å². The van der Waals surface area contributed by atoms with Crippen LogP contribution in [0.2, 0.25) is 0 Å². The van der Waals surface area contributed by atoms with Crippen molar-refractivity contribution in [3.63, 3.8) is 0 Å². The minimum absolute atomic E-state index is 0.0459. The quantitative estimate of drug-likeness (QED) is 0.157. The van der Waals surface area contributed by atoms with Crippen molar-refractivity contribution in [1.82, 2.24) is 4.57 Å². The Kier molecular flexibility index (Phi) is 9.21. The van der Waals surface area contributed by atoms with Gasteiger partial charge in [-0.3, -0.25) is 0 Å². The number of nitrogens with zero attached hydrogens (tertiary/aromatic N) is 2. The van der Waals surface area contributed by atoms with E-state index in [1.165, 1.54) is 104 Å². The van der Waals surface area contributed by atoms with Crippen molar-refractivity contribution < 1.29 is 0 Å². The smallest absolute Gasteiger partial charge is 0.0547 e. The molecule has 8 aromatic carbocycles. The van der Waals surface area contributed by atoms with Gasteiger partial charge in [0.25, 0.3) is 0 Å². The Morgan fingerprint density at radius 2 is 1.12 bits per heavy atom. The molecule has 0 radical (unpaired) electrons. The highest BCUT2D eigenvalue weighted by molar-refractivity contribution is 6.11. The van der Waals surface area contributed by atoms with Crippen molar-refractivity contribution in [3.05, 3.63) is 193 Å². The fourth-order valence-corrected chi connectivity index (χ4v) is 9.67. The minimum Gasteiger partial charge on any atom is -0.309 e. The lowest BCUT2D eigenvalue weighted by molar-refractivity contribution is 0.445. The Hall–Kier alpha value is -6.38. The summed E-state index contributed by atoms with van der Waals surface area (Å²) in [5, 5.41) is 5.24. The fourth-order valence-electron chi connectivity index (χ4n) is 9.67. The summed E-state index contributed by atoms with van der Waals surface area (Å²) in [7, 11) is 0. The highest BCUT2D eigenvalue weighted by Gasteiger charge is 2.25. The van der Waals surface area contributed by atoms with E-state index in [-0.39, 0.29) is 5.41 Å². The molecule has 9 aromatic rings. The molecule has 0 atom stereocenters. The van der Waals surface area contributed by atoms with Gasteiger partial charge in [0.1, 0.15) is 0 Å². The zero-order valence-electron chi connectivity index (χ0n) is 33.8. The molecule has 2 nitrogen and oxygen atoms in total. The van der Waals surface area contributed by atoms with Gasteiger partial charge in [-0.1, -0.05) is 173 Å². The fraction of sp³-hybridized carbons (Fsp3) is 0.179. The Balaban J connectivity index is 1.21. The number of benzene rings is 8. The van der Waals surface area contributed by atoms with Crippen LogP contribution in [0.25, 0.3) is 60.5 Å². The number of para-hydroxylation sites is 4. The molecule has 0 unspecified atom stereocenters. The lowest BCUT2D eigenvalue weighted by atomic mass is 9.80. The van der Waals surface area contributed by atoms with Gasteiger partial charge in [0, 0.05) is 33.3 Å². The Morgan fingerprint density at radius 3 is 1.88 bits per heavy atom. The molecule has 284 valence electrons. The topological polar surface area (TPSA) is 8.17 Å². The molecule has 1 aliphatic rings. The zero-order chi connectivity index (χ0) is 39.2. The zero-order valence-corrected chi connectivity index (χ0v) is 33.8. The van der Waals surface area contributed by atoms with E-state index in [1.807, 2.05) is 0 Å². The lowest BCUT2D eigenvalue weighted by Gasteiger charge is -2.31. The van der Waals surface area contributed by atoms with Crippen LogP contribution >= 0.6 is 0 Å². The molecular formula is C56H50N2. The van der Waals surface area contributed by atoms with E-state index < -0.39 is 0 Å². The second-order valence-corrected chi connectivity index (χ2v) is 17.2. The SMILES string of the molecule is CC(C)(C)c1ccc(N(c2ccccc2-c2ccc3c4ccccc4n(-c4ccccc4)c3c2)c2ccccc2-c2cccc3cccc(C4CCCCC4)c23)cc1. The highest BCUT2D eigenvalue weighted by atomic mass is 15.1. The summed E-state index contributed by atoms with van der Waals surface area (Å²) in [6, 6.07) is 67.8. The van der Waals surface area contributed by atoms with Gasteiger partial charge in [0.2, 0.25) is 0 Å². The van der Waals surface area contributed by atoms with E-state index >= 15 is 0 Å². The largest absolute Gasteiger partial charge is 0.309 e. The molecule has 0 bridgehead atoms. The molecule has 0 spiro atoms. The third-order valence-corrected chi connectivity index (χ3v) is 12.6. The van der Waals surface area contributed by atoms with Crippen LogP contribution in [0.1, 0.15) is 69.9 Å². The molecule has 2 heteroatoms. The summed E-state index contributed by atoms with van der Waals surface area (Å²) >= 11 is 0. The predicted molar refractivity (Wildman–Crippen MR) is 248 cm³/mol. The van der Waals surface area contributed by atoms with E-state index in [2.05, 4.69) is 212 Å². The van der Waals surface area contributed by atoms with Crippen LogP contribution in [0.3, 0.4) is 0 Å².